The lowest BCUT2D eigenvalue weighted by Gasteiger charge is -2.08. The van der Waals surface area contributed by atoms with Crippen LogP contribution in [-0.4, -0.2) is 15.8 Å². The van der Waals surface area contributed by atoms with Crippen LogP contribution in [0.1, 0.15) is 27.2 Å². The lowest BCUT2D eigenvalue weighted by Crippen LogP contribution is -2.03. The Hall–Kier alpha value is -1.97. The number of benzene rings is 1. The molecule has 2 rings (SSSR count). The minimum atomic E-state index is -0.171. The number of imidazole rings is 1. The Morgan fingerprint density at radius 1 is 1.35 bits per heavy atom. The molecule has 88 valence electrons. The zero-order valence-electron chi connectivity index (χ0n) is 9.77. The molecule has 0 unspecified atom stereocenters. The molecule has 1 aromatic carbocycles. The van der Waals surface area contributed by atoms with Gasteiger partial charge in [-0.15, -0.1) is 0 Å². The molecule has 0 fully saturated rings. The normalized spacial score (nSPS) is 10.5. The van der Waals surface area contributed by atoms with Crippen LogP contribution >= 0.6 is 0 Å². The number of carbonyl (C=O) groups excluding carboxylic acids is 1. The van der Waals surface area contributed by atoms with Gasteiger partial charge < -0.3 is 4.57 Å². The van der Waals surface area contributed by atoms with Gasteiger partial charge in [-0.25, -0.2) is 9.37 Å². The van der Waals surface area contributed by atoms with Gasteiger partial charge in [-0.2, -0.15) is 0 Å². The summed E-state index contributed by atoms with van der Waals surface area (Å²) in [5.41, 5.74) is 2.72. The SMILES string of the molecule is Cc1cc(Cn2cncc2C=O)cc(C)c1F. The molecule has 0 saturated heterocycles. The third kappa shape index (κ3) is 2.25. The minimum absolute atomic E-state index is 0.171. The van der Waals surface area contributed by atoms with E-state index in [0.717, 1.165) is 11.8 Å². The van der Waals surface area contributed by atoms with E-state index in [-0.39, 0.29) is 5.82 Å². The number of halogens is 1. The van der Waals surface area contributed by atoms with Gasteiger partial charge in [0.05, 0.1) is 12.5 Å². The fraction of sp³-hybridized carbons (Fsp3) is 0.231. The van der Waals surface area contributed by atoms with E-state index in [1.807, 2.05) is 0 Å². The highest BCUT2D eigenvalue weighted by Crippen LogP contribution is 2.16. The molecule has 0 atom stereocenters. The molecule has 0 spiro atoms. The second-order valence-electron chi connectivity index (χ2n) is 4.11. The Labute approximate surface area is 98.9 Å². The van der Waals surface area contributed by atoms with E-state index in [2.05, 4.69) is 4.98 Å². The largest absolute Gasteiger partial charge is 0.324 e. The molecule has 0 saturated carbocycles. The summed E-state index contributed by atoms with van der Waals surface area (Å²) in [5.74, 6) is -0.171. The van der Waals surface area contributed by atoms with Crippen molar-refractivity contribution in [3.63, 3.8) is 0 Å². The van der Waals surface area contributed by atoms with E-state index in [0.29, 0.717) is 23.4 Å². The molecule has 4 heteroatoms. The van der Waals surface area contributed by atoms with Crippen LogP contribution < -0.4 is 0 Å². The van der Waals surface area contributed by atoms with Gasteiger partial charge in [0.2, 0.25) is 0 Å². The topological polar surface area (TPSA) is 34.9 Å². The Bertz CT molecular complexity index is 537. The highest BCUT2D eigenvalue weighted by atomic mass is 19.1. The summed E-state index contributed by atoms with van der Waals surface area (Å²) in [6, 6.07) is 3.58. The van der Waals surface area contributed by atoms with E-state index in [9.17, 15) is 9.18 Å². The summed E-state index contributed by atoms with van der Waals surface area (Å²) in [7, 11) is 0. The second-order valence-corrected chi connectivity index (χ2v) is 4.11. The van der Waals surface area contributed by atoms with Gasteiger partial charge in [-0.3, -0.25) is 4.79 Å². The number of carbonyl (C=O) groups is 1. The molecular formula is C13H13FN2O. The van der Waals surface area contributed by atoms with Crippen LogP contribution in [0.3, 0.4) is 0 Å². The quantitative estimate of drug-likeness (QED) is 0.762. The van der Waals surface area contributed by atoms with Crippen LogP contribution in [0.2, 0.25) is 0 Å². The Morgan fingerprint density at radius 2 is 2.00 bits per heavy atom. The summed E-state index contributed by atoms with van der Waals surface area (Å²) in [6.07, 6.45) is 3.87. The third-order valence-corrected chi connectivity index (χ3v) is 2.71. The zero-order chi connectivity index (χ0) is 12.4. The number of nitrogens with zero attached hydrogens (tertiary/aromatic N) is 2. The average Bonchev–Trinajstić information content (AvgIpc) is 2.73. The molecule has 0 radical (unpaired) electrons. The second kappa shape index (κ2) is 4.49. The van der Waals surface area contributed by atoms with Gasteiger partial charge in [-0.1, -0.05) is 12.1 Å². The van der Waals surface area contributed by atoms with Gasteiger partial charge in [0.15, 0.2) is 6.29 Å². The fourth-order valence-electron chi connectivity index (χ4n) is 1.88. The van der Waals surface area contributed by atoms with Crippen LogP contribution in [-0.2, 0) is 6.54 Å². The molecule has 1 aromatic heterocycles. The van der Waals surface area contributed by atoms with Crippen molar-refractivity contribution >= 4 is 6.29 Å². The number of aryl methyl sites for hydroxylation is 2. The number of aldehydes is 1. The number of rotatable bonds is 3. The maximum Gasteiger partial charge on any atom is 0.168 e. The first kappa shape index (κ1) is 11.5. The predicted molar refractivity (Wildman–Crippen MR) is 62.6 cm³/mol. The monoisotopic (exact) mass is 232 g/mol. The molecule has 0 aliphatic rings. The molecule has 17 heavy (non-hydrogen) atoms. The molecule has 0 bridgehead atoms. The first-order chi connectivity index (χ1) is 8.11. The van der Waals surface area contributed by atoms with E-state index in [1.165, 1.54) is 6.20 Å². The summed E-state index contributed by atoms with van der Waals surface area (Å²) in [4.78, 5) is 14.7. The lowest BCUT2D eigenvalue weighted by molar-refractivity contribution is 0.111. The maximum absolute atomic E-state index is 13.5. The molecule has 0 N–H and O–H groups in total. The smallest absolute Gasteiger partial charge is 0.168 e. The van der Waals surface area contributed by atoms with Crippen LogP contribution in [0.25, 0.3) is 0 Å². The molecule has 0 aliphatic heterocycles. The molecule has 3 nitrogen and oxygen atoms in total. The molecule has 0 amide bonds. The van der Waals surface area contributed by atoms with Crippen molar-refractivity contribution in [2.24, 2.45) is 0 Å². The van der Waals surface area contributed by atoms with E-state index < -0.39 is 0 Å². The highest BCUT2D eigenvalue weighted by Gasteiger charge is 2.06. The van der Waals surface area contributed by atoms with Crippen molar-refractivity contribution in [1.29, 1.82) is 0 Å². The zero-order valence-corrected chi connectivity index (χ0v) is 9.77. The number of hydrogen-bond acceptors (Lipinski definition) is 2. The molecule has 1 heterocycles. The number of aromatic nitrogens is 2. The van der Waals surface area contributed by atoms with Gasteiger partial charge in [0.1, 0.15) is 11.5 Å². The Balaban J connectivity index is 2.34. The van der Waals surface area contributed by atoms with Crippen LogP contribution in [0.4, 0.5) is 4.39 Å². The van der Waals surface area contributed by atoms with E-state index >= 15 is 0 Å². The van der Waals surface area contributed by atoms with Gasteiger partial charge in [0, 0.05) is 6.54 Å². The summed E-state index contributed by atoms with van der Waals surface area (Å²) < 4.78 is 15.2. The highest BCUT2D eigenvalue weighted by molar-refractivity contribution is 5.71. The summed E-state index contributed by atoms with van der Waals surface area (Å²) >= 11 is 0. The van der Waals surface area contributed by atoms with Crippen molar-refractivity contribution in [1.82, 2.24) is 9.55 Å². The van der Waals surface area contributed by atoms with E-state index in [4.69, 9.17) is 0 Å². The summed E-state index contributed by atoms with van der Waals surface area (Å²) in [5, 5.41) is 0. The average molecular weight is 232 g/mol. The molecule has 2 aromatic rings. The Morgan fingerprint density at radius 3 is 2.59 bits per heavy atom. The fourth-order valence-corrected chi connectivity index (χ4v) is 1.88. The van der Waals surface area contributed by atoms with Gasteiger partial charge in [-0.05, 0) is 30.5 Å². The van der Waals surface area contributed by atoms with E-state index in [1.54, 1.807) is 36.9 Å². The number of hydrogen-bond donors (Lipinski definition) is 0. The van der Waals surface area contributed by atoms with Crippen molar-refractivity contribution in [3.05, 3.63) is 52.9 Å². The first-order valence-corrected chi connectivity index (χ1v) is 5.32. The summed E-state index contributed by atoms with van der Waals surface area (Å²) in [6.45, 7) is 4.00. The van der Waals surface area contributed by atoms with Gasteiger partial charge in [0.25, 0.3) is 0 Å². The standard InChI is InChI=1S/C13H13FN2O/c1-9-3-11(4-10(2)13(9)14)6-16-8-15-5-12(16)7-17/h3-5,7-8H,6H2,1-2H3. The van der Waals surface area contributed by atoms with Crippen molar-refractivity contribution in [3.8, 4) is 0 Å². The minimum Gasteiger partial charge on any atom is -0.324 e. The van der Waals surface area contributed by atoms with Gasteiger partial charge >= 0.3 is 0 Å². The lowest BCUT2D eigenvalue weighted by atomic mass is 10.1. The van der Waals surface area contributed by atoms with Crippen molar-refractivity contribution < 1.29 is 9.18 Å². The van der Waals surface area contributed by atoms with Crippen molar-refractivity contribution in [2.75, 3.05) is 0 Å². The Kier molecular flexibility index (Phi) is 3.04. The maximum atomic E-state index is 13.5. The van der Waals surface area contributed by atoms with Crippen molar-refractivity contribution in [2.45, 2.75) is 20.4 Å². The van der Waals surface area contributed by atoms with Crippen LogP contribution in [0.15, 0.2) is 24.7 Å². The predicted octanol–water partition coefficient (Wildman–Crippen LogP) is 2.50. The molecule has 0 aliphatic carbocycles. The third-order valence-electron chi connectivity index (χ3n) is 2.71. The van der Waals surface area contributed by atoms with Crippen LogP contribution in [0, 0.1) is 19.7 Å². The van der Waals surface area contributed by atoms with Crippen LogP contribution in [0.5, 0.6) is 0 Å². The first-order valence-electron chi connectivity index (χ1n) is 5.32. The molecular weight excluding hydrogens is 219 g/mol.